The fourth-order valence-electron chi connectivity index (χ4n) is 12.2. The lowest BCUT2D eigenvalue weighted by Gasteiger charge is -2.31. The number of nitrogens with one attached hydrogen (secondary N) is 18. The Bertz CT molecular complexity index is 3840. The number of ether oxygens (including phenoxy) is 3. The summed E-state index contributed by atoms with van der Waals surface area (Å²) in [6, 6.07) is 17.7. The van der Waals surface area contributed by atoms with Gasteiger partial charge >= 0.3 is 0 Å². The Balaban J connectivity index is 1.34. The van der Waals surface area contributed by atoms with E-state index in [0.717, 1.165) is 10.8 Å². The van der Waals surface area contributed by atoms with Crippen molar-refractivity contribution in [2.24, 2.45) is 22.9 Å². The van der Waals surface area contributed by atoms with E-state index in [0.29, 0.717) is 23.2 Å². The predicted octanol–water partition coefficient (Wildman–Crippen LogP) is -3.11. The molecule has 37 heteroatoms. The van der Waals surface area contributed by atoms with Gasteiger partial charge in [-0.1, -0.05) is 103 Å². The molecule has 2 aliphatic heterocycles. The monoisotopic (exact) mass is 1560 g/mol. The number of hydrogen-bond donors (Lipinski definition) is 22. The molecule has 10 atom stereocenters. The molecule has 4 aromatic rings. The van der Waals surface area contributed by atoms with Crippen LogP contribution in [-0.2, 0) is 86.2 Å². The third-order valence-corrected chi connectivity index (χ3v) is 18.0. The quantitative estimate of drug-likeness (QED) is 0.0121. The van der Waals surface area contributed by atoms with Crippen molar-refractivity contribution in [1.82, 2.24) is 79.3 Å². The summed E-state index contributed by atoms with van der Waals surface area (Å²) in [6.07, 6.45) is -2.07. The minimum absolute atomic E-state index is 0.00140. The number of guanidine groups is 4. The number of nitrogens with zero attached hydrogens (tertiary/aromatic N) is 1. The molecule has 6 rings (SSSR count). The van der Waals surface area contributed by atoms with Crippen LogP contribution >= 0.6 is 0 Å². The van der Waals surface area contributed by atoms with Crippen molar-refractivity contribution >= 4 is 99.6 Å². The van der Waals surface area contributed by atoms with Gasteiger partial charge in [0, 0.05) is 90.9 Å². The van der Waals surface area contributed by atoms with Crippen molar-refractivity contribution in [3.05, 3.63) is 120 Å². The average molecular weight is 1560 g/mol. The van der Waals surface area contributed by atoms with Gasteiger partial charge in [0.2, 0.25) is 65.0 Å². The van der Waals surface area contributed by atoms with E-state index in [1.807, 2.05) is 36.4 Å². The second-order valence-corrected chi connectivity index (χ2v) is 27.1. The van der Waals surface area contributed by atoms with Crippen molar-refractivity contribution in [3.63, 3.8) is 0 Å². The second-order valence-electron chi connectivity index (χ2n) is 27.1. The van der Waals surface area contributed by atoms with Crippen molar-refractivity contribution in [2.45, 2.75) is 158 Å². The lowest BCUT2D eigenvalue weighted by Crippen LogP contribution is -2.62. The molecule has 0 saturated carbocycles. The van der Waals surface area contributed by atoms with Gasteiger partial charge in [-0.2, -0.15) is 0 Å². The average Bonchev–Trinajstić information content (AvgIpc) is 0.829. The number of fused-ring (bicyclic) bond motifs is 1. The lowest BCUT2D eigenvalue weighted by molar-refractivity contribution is -0.138. The van der Waals surface area contributed by atoms with E-state index in [1.165, 1.54) is 0 Å². The number of nitrogens with two attached hydrogens (primary N) is 4. The van der Waals surface area contributed by atoms with Gasteiger partial charge in [-0.3, -0.25) is 74.4 Å². The number of rotatable bonds is 37. The molecule has 2 saturated heterocycles. The third-order valence-electron chi connectivity index (χ3n) is 18.0. The summed E-state index contributed by atoms with van der Waals surface area (Å²) >= 11 is 0. The Labute approximate surface area is 652 Å². The molecule has 0 radical (unpaired) electrons. The van der Waals surface area contributed by atoms with Crippen molar-refractivity contribution < 1.29 is 68.3 Å². The number of amides is 11. The molecule has 610 valence electrons. The van der Waals surface area contributed by atoms with E-state index in [1.54, 1.807) is 78.6 Å². The van der Waals surface area contributed by atoms with Gasteiger partial charge in [0.1, 0.15) is 48.3 Å². The fourth-order valence-corrected chi connectivity index (χ4v) is 12.2. The molecular formula is C75H111N23O14. The molecule has 2 heterocycles. The Kier molecular flexibility index (Phi) is 38.1. The molecule has 112 heavy (non-hydrogen) atoms. The number of hydrogen-bond acceptors (Lipinski definition) is 18. The normalized spacial score (nSPS) is 21.2. The van der Waals surface area contributed by atoms with Gasteiger partial charge in [-0.15, -0.1) is 0 Å². The molecule has 0 unspecified atom stereocenters. The van der Waals surface area contributed by atoms with Gasteiger partial charge in [-0.05, 0) is 92.2 Å². The first kappa shape index (κ1) is 87.5. The molecule has 26 N–H and O–H groups in total. The van der Waals surface area contributed by atoms with Crippen LogP contribution in [0.1, 0.15) is 102 Å². The zero-order valence-electron chi connectivity index (χ0n) is 64.2. The Morgan fingerprint density at radius 2 is 0.777 bits per heavy atom. The standard InChI is InChI=1S/C75H111N23O14/c1-47-46-98(36-39-112-47)63(101)28-34-84-62(100)29-37-110-40-41-111-38-35-85-61(99)27-26-57-68(106)95-58(43-48-14-4-2-5-15-48)70(108)96-59(44-49-16-6-3-7-17-49)71(109)97-60(45-50-24-25-51-18-8-9-19-52(51)42-50)69(107)93-56(23-13-33-89-75(82)83)66(104)91-54(21-11-31-87-73(78)79)64(102)90-53(20-10-30-86-72(76)77)65(103)92-55(67(105)94-57)22-12-32-88-74(80)81/h2-9,14-19,24-25,42,47,53-60H,10-13,20-23,26-41,43-46H2,1H3,(H,84,100)(H,85,99)(H,90,102)(H,91,104)(H,92,103)(H,93,107)(H,94,105)(H,95,106)(H,96,108)(H,97,109)(H4,76,77,86)(H4,78,79,87)(H4,80,81,88)(H4,82,83,89)/t47-,53+,54-,55-,56+,57+,58+,59-,60+/m1/s1/i39T/t39-,47+,53-,54+,55+,56-,57-,58-,59+,60-/m0. The highest BCUT2D eigenvalue weighted by Crippen LogP contribution is 2.19. The summed E-state index contributed by atoms with van der Waals surface area (Å²) in [5.41, 5.74) is 24.1. The van der Waals surface area contributed by atoms with Crippen molar-refractivity contribution in [1.29, 1.82) is 21.6 Å². The van der Waals surface area contributed by atoms with Crippen LogP contribution in [0.3, 0.4) is 0 Å². The number of carbonyl (C=O) groups excluding carboxylic acids is 11. The van der Waals surface area contributed by atoms with Gasteiger partial charge in [0.05, 0.1) is 40.5 Å². The van der Waals surface area contributed by atoms with E-state index in [-0.39, 0.29) is 180 Å². The lowest BCUT2D eigenvalue weighted by atomic mass is 9.99. The van der Waals surface area contributed by atoms with Gasteiger partial charge in [0.25, 0.3) is 0 Å². The topological polar surface area (TPSA) is 587 Å². The van der Waals surface area contributed by atoms with Crippen LogP contribution in [0, 0.1) is 21.6 Å². The molecule has 2 aliphatic rings. The maximum absolute atomic E-state index is 15.4. The molecule has 0 aliphatic carbocycles. The van der Waals surface area contributed by atoms with Crippen LogP contribution in [0.2, 0.25) is 0 Å². The Hall–Kier alpha value is -11.7. The number of morpholine rings is 1. The highest BCUT2D eigenvalue weighted by molar-refractivity contribution is 5.99. The van der Waals surface area contributed by atoms with E-state index in [9.17, 15) is 24.0 Å². The van der Waals surface area contributed by atoms with Gasteiger partial charge in [-0.25, -0.2) is 0 Å². The Morgan fingerprint density at radius 1 is 0.420 bits per heavy atom. The summed E-state index contributed by atoms with van der Waals surface area (Å²) in [6.45, 7) is 1.84. The van der Waals surface area contributed by atoms with Crippen LogP contribution in [0.25, 0.3) is 10.8 Å². The molecule has 4 aromatic carbocycles. The molecule has 0 bridgehead atoms. The molecule has 0 aromatic heterocycles. The van der Waals surface area contributed by atoms with E-state index >= 15 is 28.8 Å². The van der Waals surface area contributed by atoms with Gasteiger partial charge < -0.3 is 116 Å². The number of carbonyl (C=O) groups is 11. The Morgan fingerprint density at radius 3 is 1.20 bits per heavy atom. The summed E-state index contributed by atoms with van der Waals surface area (Å²) in [5.74, 6) is -10.1. The molecule has 0 spiro atoms. The zero-order chi connectivity index (χ0) is 82.0. The van der Waals surface area contributed by atoms with E-state index in [4.69, 9.17) is 60.2 Å². The first-order chi connectivity index (χ1) is 54.2. The van der Waals surface area contributed by atoms with Crippen molar-refractivity contribution in [3.8, 4) is 0 Å². The molecule has 11 amide bonds. The van der Waals surface area contributed by atoms with Crippen LogP contribution in [0.4, 0.5) is 0 Å². The van der Waals surface area contributed by atoms with E-state index in [2.05, 4.69) is 74.4 Å². The molecule has 2 fully saturated rings. The van der Waals surface area contributed by atoms with Crippen LogP contribution < -0.4 is 97.4 Å². The highest BCUT2D eigenvalue weighted by atomic mass is 16.5. The predicted molar refractivity (Wildman–Crippen MR) is 418 cm³/mol. The first-order valence-electron chi connectivity index (χ1n) is 38.1. The summed E-state index contributed by atoms with van der Waals surface area (Å²) < 4.78 is 24.4. The van der Waals surface area contributed by atoms with Crippen LogP contribution in [0.15, 0.2) is 103 Å². The van der Waals surface area contributed by atoms with E-state index < -0.39 is 139 Å². The summed E-state index contributed by atoms with van der Waals surface area (Å²) in [7, 11) is 0. The second kappa shape index (κ2) is 48.7. The summed E-state index contributed by atoms with van der Waals surface area (Å²) in [4.78, 5) is 162. The van der Waals surface area contributed by atoms with Crippen molar-refractivity contribution in [2.75, 3.05) is 85.4 Å². The first-order valence-corrected chi connectivity index (χ1v) is 37.5. The minimum atomic E-state index is -1.67. The van der Waals surface area contributed by atoms with Gasteiger partial charge in [0.15, 0.2) is 23.8 Å². The smallest absolute Gasteiger partial charge is 0.243 e. The highest BCUT2D eigenvalue weighted by Gasteiger charge is 2.37. The molecule has 37 nitrogen and oxygen atoms in total. The minimum Gasteiger partial charge on any atom is -0.379 e. The zero-order valence-corrected chi connectivity index (χ0v) is 63.2. The SMILES string of the molecule is [3H][C@H]1CN(C(=O)CCNC(=O)CCOCCOCCNC(=O)CC[C@@H]2NC(=O)[C@@H](CCCNC(=N)N)NC(=O)[C@H](CCCNC(=N)N)NC(=O)[C@@H](CCCNC(=N)N)NC(=O)[C@H](CCCNC(=N)N)NC(=O)[C@H](Cc3ccc4ccccc4c3)NC(=O)[C@@H](Cc3ccccc3)NC(=O)[C@H](Cc3ccccc3)NC2=O)C[C@@H](C)O1. The maximum Gasteiger partial charge on any atom is 0.243 e. The largest absolute Gasteiger partial charge is 0.379 e. The summed E-state index contributed by atoms with van der Waals surface area (Å²) in [5, 5.41) is 70.9. The fraction of sp³-hybridized carbons (Fsp3) is 0.507. The third kappa shape index (κ3) is 34.0. The maximum atomic E-state index is 15.4. The van der Waals surface area contributed by atoms with Crippen LogP contribution in [-0.4, -0.2) is 234 Å². The van der Waals surface area contributed by atoms with Crippen LogP contribution in [0.5, 0.6) is 0 Å². The number of benzene rings is 4. The molecular weight excluding hydrogens is 1450 g/mol.